The Morgan fingerprint density at radius 3 is 2.23 bits per heavy atom. The number of nitrogens with zero attached hydrogens (tertiary/aromatic N) is 12. The molecule has 8 heterocycles. The lowest BCUT2D eigenvalue weighted by atomic mass is 9.91. The molecule has 23 heteroatoms. The van der Waals surface area contributed by atoms with Crippen molar-refractivity contribution in [3.63, 3.8) is 0 Å². The summed E-state index contributed by atoms with van der Waals surface area (Å²) in [5.41, 5.74) is 5.42. The van der Waals surface area contributed by atoms with Gasteiger partial charge in [0.05, 0.1) is 40.4 Å². The number of carbonyl (C=O) groups is 3. The third kappa shape index (κ3) is 14.0. The second kappa shape index (κ2) is 25.0. The Morgan fingerprint density at radius 1 is 0.816 bits per heavy atom. The SMILES string of the molecule is Cc1[nH]nc(Nc2ncnc3cc(OCCCN4CCN(C(=O)c5ccc(N6CCN(C[C@H]7CN(C(=O)OC(C)(C)C)[C@H](C)CN7CC(=O)N7CC(C)(C)c8ncc(Cc9ccc(F)cc9)cc87)C(C)C6)nc5)CC4)c(S(=O)(=O)C(C)(C)C)cc23)c1C. The molecule has 6 aromatic rings. The molecule has 21 nitrogen and oxygen atoms in total. The number of H-pyrrole nitrogens is 1. The fourth-order valence-corrected chi connectivity index (χ4v) is 13.4. The Labute approximate surface area is 510 Å². The van der Waals surface area contributed by atoms with Gasteiger partial charge in [0.15, 0.2) is 15.7 Å². The number of nitrogens with one attached hydrogen (secondary N) is 2. The maximum atomic E-state index is 14.7. The van der Waals surface area contributed by atoms with E-state index >= 15 is 0 Å². The molecule has 3 amide bonds. The number of benzene rings is 2. The van der Waals surface area contributed by atoms with Crippen LogP contribution >= 0.6 is 0 Å². The van der Waals surface area contributed by atoms with Crippen LogP contribution in [-0.2, 0) is 31.2 Å². The zero-order valence-corrected chi connectivity index (χ0v) is 53.3. The minimum absolute atomic E-state index is 0.0272. The van der Waals surface area contributed by atoms with E-state index in [1.54, 1.807) is 51.2 Å². The van der Waals surface area contributed by atoms with Crippen LogP contribution in [0.25, 0.3) is 10.9 Å². The van der Waals surface area contributed by atoms with Crippen LogP contribution in [0.2, 0.25) is 0 Å². The van der Waals surface area contributed by atoms with E-state index in [-0.39, 0.29) is 71.1 Å². The topological polar surface area (TPSA) is 219 Å². The van der Waals surface area contributed by atoms with Gasteiger partial charge in [-0.3, -0.25) is 34.4 Å². The van der Waals surface area contributed by atoms with E-state index in [2.05, 4.69) is 71.9 Å². The summed E-state index contributed by atoms with van der Waals surface area (Å²) in [4.78, 5) is 75.7. The van der Waals surface area contributed by atoms with Crippen LogP contribution in [0.3, 0.4) is 0 Å². The number of pyridine rings is 2. The van der Waals surface area contributed by atoms with E-state index in [1.807, 2.05) is 74.6 Å². The average molecular weight is 1210 g/mol. The number of hydrogen-bond donors (Lipinski definition) is 2. The quantitative estimate of drug-likeness (QED) is 0.0873. The molecule has 4 aliphatic rings. The summed E-state index contributed by atoms with van der Waals surface area (Å²) in [5, 5.41) is 11.1. The average Bonchev–Trinajstić information content (AvgIpc) is 2.05. The normalized spacial score (nSPS) is 19.8. The van der Waals surface area contributed by atoms with Gasteiger partial charge >= 0.3 is 6.09 Å². The van der Waals surface area contributed by atoms with Crippen LogP contribution in [0, 0.1) is 19.7 Å². The summed E-state index contributed by atoms with van der Waals surface area (Å²) in [5.74, 6) is 1.67. The number of fused-ring (bicyclic) bond motifs is 2. The van der Waals surface area contributed by atoms with Crippen LogP contribution in [0.4, 0.5) is 32.3 Å². The minimum Gasteiger partial charge on any atom is -0.492 e. The molecule has 87 heavy (non-hydrogen) atoms. The monoisotopic (exact) mass is 1210 g/mol. The zero-order chi connectivity index (χ0) is 62.3. The fraction of sp³-hybridized carbons (Fsp3) is 0.531. The van der Waals surface area contributed by atoms with E-state index in [1.165, 1.54) is 18.5 Å². The summed E-state index contributed by atoms with van der Waals surface area (Å²) in [6.07, 6.45) is 5.79. The van der Waals surface area contributed by atoms with Gasteiger partial charge in [-0.25, -0.2) is 32.6 Å². The smallest absolute Gasteiger partial charge is 0.410 e. The molecule has 4 aliphatic heterocycles. The number of ether oxygens (including phenoxy) is 2. The van der Waals surface area contributed by atoms with E-state index in [0.717, 1.165) is 46.1 Å². The highest BCUT2D eigenvalue weighted by Crippen LogP contribution is 2.41. The molecule has 0 aliphatic carbocycles. The third-order valence-electron chi connectivity index (χ3n) is 17.3. The molecule has 2 N–H and O–H groups in total. The second-order valence-electron chi connectivity index (χ2n) is 26.6. The van der Waals surface area contributed by atoms with Crippen LogP contribution in [0.1, 0.15) is 114 Å². The number of aromatic amines is 1. The molecule has 1 unspecified atom stereocenters. The Hall–Kier alpha value is -7.34. The van der Waals surface area contributed by atoms with Gasteiger partial charge in [0, 0.05) is 137 Å². The lowest BCUT2D eigenvalue weighted by molar-refractivity contribution is -0.121. The highest BCUT2D eigenvalue weighted by Gasteiger charge is 2.44. The van der Waals surface area contributed by atoms with Gasteiger partial charge in [-0.1, -0.05) is 26.0 Å². The molecule has 2 aromatic carbocycles. The maximum Gasteiger partial charge on any atom is 0.410 e. The number of piperazine rings is 3. The summed E-state index contributed by atoms with van der Waals surface area (Å²) >= 11 is 0. The van der Waals surface area contributed by atoms with Gasteiger partial charge in [0.25, 0.3) is 5.91 Å². The van der Waals surface area contributed by atoms with Crippen molar-refractivity contribution < 1.29 is 36.7 Å². The Kier molecular flexibility index (Phi) is 18.0. The molecule has 3 saturated heterocycles. The van der Waals surface area contributed by atoms with Gasteiger partial charge in [0.1, 0.15) is 40.0 Å². The number of carbonyl (C=O) groups excluding carboxylic acids is 3. The molecule has 3 atom stereocenters. The van der Waals surface area contributed by atoms with Gasteiger partial charge in [0.2, 0.25) is 5.91 Å². The fourth-order valence-electron chi connectivity index (χ4n) is 12.1. The Bertz CT molecular complexity index is 3600. The van der Waals surface area contributed by atoms with Crippen molar-refractivity contribution >= 4 is 61.8 Å². The molecule has 0 radical (unpaired) electrons. The highest BCUT2D eigenvalue weighted by atomic mass is 32.2. The predicted octanol–water partition coefficient (Wildman–Crippen LogP) is 8.18. The molecule has 466 valence electrons. The molecule has 3 fully saturated rings. The van der Waals surface area contributed by atoms with Crippen molar-refractivity contribution in [2.45, 2.75) is 135 Å². The van der Waals surface area contributed by atoms with Crippen molar-refractivity contribution in [2.24, 2.45) is 0 Å². The van der Waals surface area contributed by atoms with E-state index in [9.17, 15) is 27.2 Å². The number of anilines is 4. The van der Waals surface area contributed by atoms with E-state index in [0.29, 0.717) is 113 Å². The zero-order valence-electron chi connectivity index (χ0n) is 52.5. The summed E-state index contributed by atoms with van der Waals surface area (Å²) in [7, 11) is -3.85. The number of halogens is 1. The first kappa shape index (κ1) is 62.7. The lowest BCUT2D eigenvalue weighted by Gasteiger charge is -2.48. The molecule has 0 saturated carbocycles. The van der Waals surface area contributed by atoms with E-state index < -0.39 is 20.2 Å². The number of amides is 3. The number of aryl methyl sites for hydroxylation is 1. The molecular formula is C64H85FN14O7S. The van der Waals surface area contributed by atoms with Gasteiger partial charge in [-0.2, -0.15) is 5.10 Å². The van der Waals surface area contributed by atoms with Crippen LogP contribution in [0.5, 0.6) is 5.75 Å². The summed E-state index contributed by atoms with van der Waals surface area (Å²) < 4.78 is 52.9. The second-order valence-corrected chi connectivity index (χ2v) is 29.2. The molecule has 10 rings (SSSR count). The summed E-state index contributed by atoms with van der Waals surface area (Å²) in [6, 6.07) is 15.3. The molecule has 0 spiro atoms. The number of hydrogen-bond acceptors (Lipinski definition) is 17. The van der Waals surface area contributed by atoms with E-state index in [4.69, 9.17) is 19.4 Å². The molecular weight excluding hydrogens is 1130 g/mol. The van der Waals surface area contributed by atoms with Crippen molar-refractivity contribution in [1.29, 1.82) is 0 Å². The Morgan fingerprint density at radius 2 is 1.56 bits per heavy atom. The van der Waals surface area contributed by atoms with Crippen LogP contribution < -0.4 is 19.9 Å². The maximum absolute atomic E-state index is 14.7. The number of rotatable bonds is 16. The molecule has 4 aromatic heterocycles. The molecule has 0 bridgehead atoms. The first-order valence-corrected chi connectivity index (χ1v) is 31.8. The van der Waals surface area contributed by atoms with Crippen molar-refractivity contribution in [3.8, 4) is 5.75 Å². The highest BCUT2D eigenvalue weighted by molar-refractivity contribution is 7.92. The van der Waals surface area contributed by atoms with Crippen molar-refractivity contribution in [3.05, 3.63) is 113 Å². The minimum atomic E-state index is -3.85. The first-order valence-electron chi connectivity index (χ1n) is 30.3. The Balaban J connectivity index is 0.728. The van der Waals surface area contributed by atoms with Crippen LogP contribution in [-0.4, -0.2) is 201 Å². The lowest BCUT2D eigenvalue weighted by Crippen LogP contribution is -2.65. The number of aromatic nitrogens is 6. The van der Waals surface area contributed by atoms with Crippen molar-refractivity contribution in [2.75, 3.05) is 107 Å². The third-order valence-corrected chi connectivity index (χ3v) is 19.8. The summed E-state index contributed by atoms with van der Waals surface area (Å²) in [6.45, 7) is 30.6. The van der Waals surface area contributed by atoms with Gasteiger partial charge in [-0.05, 0) is 130 Å². The van der Waals surface area contributed by atoms with Gasteiger partial charge in [-0.15, -0.1) is 0 Å². The van der Waals surface area contributed by atoms with Gasteiger partial charge < -0.3 is 34.4 Å². The number of sulfone groups is 1. The predicted molar refractivity (Wildman–Crippen MR) is 334 cm³/mol. The van der Waals surface area contributed by atoms with Crippen molar-refractivity contribution in [1.82, 2.24) is 54.6 Å². The standard InChI is InChI=1S/C64H85FN14O7S/c1-41-34-76(26-25-75(41)36-49-37-78(61(82)86-62(5,6)7)42(2)35-77(49)38-56(80)79-39-64(11,12)57-52(79)29-46(32-67-57)28-45-14-17-48(65)18-15-45)55-19-16-47(33-66-55)60(81)74-23-21-73(22-24-74)20-13-27-85-53-31-51-50(30-54(53)87(83,84)63(8,9)10)59(69-40-68-51)70-58-43(3)44(4)71-72-58/h14-19,29-33,40-42,49H,13,20-28,34-39H2,1-12H3,(H2,68,69,70,71,72)/t41?,42-,49+/m1/s1. The van der Waals surface area contributed by atoms with Crippen LogP contribution in [0.15, 0.2) is 78.2 Å². The largest absolute Gasteiger partial charge is 0.492 e. The first-order chi connectivity index (χ1) is 41.1.